The molecule has 0 spiro atoms. The highest BCUT2D eigenvalue weighted by atomic mass is 16.6. The van der Waals surface area contributed by atoms with Gasteiger partial charge in [0.25, 0.3) is 0 Å². The number of nitrogens with one attached hydrogen (secondary N) is 1. The van der Waals surface area contributed by atoms with E-state index in [1.807, 2.05) is 20.8 Å². The maximum Gasteiger partial charge on any atom is 0.410 e. The van der Waals surface area contributed by atoms with Crippen molar-refractivity contribution >= 4 is 17.7 Å². The van der Waals surface area contributed by atoms with Gasteiger partial charge in [0.1, 0.15) is 5.60 Å². The number of anilines is 1. The number of aromatic nitrogens is 1. The predicted molar refractivity (Wildman–Crippen MR) is 80.7 cm³/mol. The first-order chi connectivity index (χ1) is 10.3. The van der Waals surface area contributed by atoms with E-state index >= 15 is 0 Å². The van der Waals surface area contributed by atoms with Crippen molar-refractivity contribution < 1.29 is 19.1 Å². The van der Waals surface area contributed by atoms with Crippen LogP contribution in [-0.2, 0) is 9.53 Å². The smallest absolute Gasteiger partial charge is 0.410 e. The third kappa shape index (κ3) is 4.09. The quantitative estimate of drug-likeness (QED) is 0.922. The van der Waals surface area contributed by atoms with Crippen molar-refractivity contribution in [3.8, 4) is 5.88 Å². The van der Waals surface area contributed by atoms with Gasteiger partial charge in [0.15, 0.2) is 0 Å². The second-order valence-corrected chi connectivity index (χ2v) is 6.16. The van der Waals surface area contributed by atoms with Gasteiger partial charge in [0.05, 0.1) is 24.9 Å². The molecule has 1 aliphatic heterocycles. The van der Waals surface area contributed by atoms with Gasteiger partial charge in [-0.05, 0) is 26.8 Å². The van der Waals surface area contributed by atoms with Crippen molar-refractivity contribution in [1.29, 1.82) is 0 Å². The van der Waals surface area contributed by atoms with Crippen LogP contribution in [0.15, 0.2) is 18.3 Å². The van der Waals surface area contributed by atoms with Crippen LogP contribution < -0.4 is 10.1 Å². The summed E-state index contributed by atoms with van der Waals surface area (Å²) >= 11 is 0. The molecule has 0 atom stereocenters. The minimum Gasteiger partial charge on any atom is -0.481 e. The van der Waals surface area contributed by atoms with Crippen LogP contribution >= 0.6 is 0 Å². The molecule has 2 amide bonds. The Morgan fingerprint density at radius 1 is 1.32 bits per heavy atom. The molecule has 1 N–H and O–H groups in total. The number of ether oxygens (including phenoxy) is 2. The van der Waals surface area contributed by atoms with Crippen LogP contribution in [0.4, 0.5) is 10.5 Å². The predicted octanol–water partition coefficient (Wildman–Crippen LogP) is 1.90. The Morgan fingerprint density at radius 3 is 2.50 bits per heavy atom. The number of amides is 2. The Hall–Kier alpha value is -2.31. The van der Waals surface area contributed by atoms with E-state index in [4.69, 9.17) is 9.47 Å². The van der Waals surface area contributed by atoms with Gasteiger partial charge in [-0.25, -0.2) is 9.78 Å². The van der Waals surface area contributed by atoms with Gasteiger partial charge in [0, 0.05) is 19.2 Å². The van der Waals surface area contributed by atoms with Crippen molar-refractivity contribution in [2.24, 2.45) is 5.92 Å². The summed E-state index contributed by atoms with van der Waals surface area (Å²) in [6, 6.07) is 3.39. The van der Waals surface area contributed by atoms with E-state index in [9.17, 15) is 9.59 Å². The minimum absolute atomic E-state index is 0.133. The summed E-state index contributed by atoms with van der Waals surface area (Å²) in [5, 5.41) is 2.77. The number of carbonyl (C=O) groups excluding carboxylic acids is 2. The van der Waals surface area contributed by atoms with Crippen LogP contribution in [0.2, 0.25) is 0 Å². The molecular weight excluding hydrogens is 286 g/mol. The standard InChI is InChI=1S/C15H21N3O4/c1-15(2,3)22-14(20)18-8-10(9-18)13(19)17-11-5-6-12(21-4)16-7-11/h5-7,10H,8-9H2,1-4H3,(H,17,19). The molecule has 0 bridgehead atoms. The average Bonchev–Trinajstić information content (AvgIpc) is 2.35. The van der Waals surface area contributed by atoms with Crippen LogP contribution in [0, 0.1) is 5.92 Å². The summed E-state index contributed by atoms with van der Waals surface area (Å²) in [4.78, 5) is 29.4. The van der Waals surface area contributed by atoms with Gasteiger partial charge in [-0.3, -0.25) is 4.79 Å². The van der Waals surface area contributed by atoms with Gasteiger partial charge in [-0.1, -0.05) is 0 Å². The minimum atomic E-state index is -0.529. The van der Waals surface area contributed by atoms with Crippen LogP contribution in [0.1, 0.15) is 20.8 Å². The molecule has 0 unspecified atom stereocenters. The largest absolute Gasteiger partial charge is 0.481 e. The molecule has 7 heteroatoms. The van der Waals surface area contributed by atoms with Crippen LogP contribution in [0.25, 0.3) is 0 Å². The summed E-state index contributed by atoms with van der Waals surface area (Å²) < 4.78 is 10.2. The van der Waals surface area contributed by atoms with Gasteiger partial charge in [0.2, 0.25) is 11.8 Å². The molecule has 1 saturated heterocycles. The zero-order chi connectivity index (χ0) is 16.3. The van der Waals surface area contributed by atoms with Crippen molar-refractivity contribution in [3.63, 3.8) is 0 Å². The molecule has 0 radical (unpaired) electrons. The lowest BCUT2D eigenvalue weighted by atomic mass is 10.00. The van der Waals surface area contributed by atoms with E-state index in [-0.39, 0.29) is 17.9 Å². The number of nitrogens with zero attached hydrogens (tertiary/aromatic N) is 2. The molecular formula is C15H21N3O4. The molecule has 2 rings (SSSR count). The molecule has 22 heavy (non-hydrogen) atoms. The zero-order valence-corrected chi connectivity index (χ0v) is 13.3. The molecule has 120 valence electrons. The molecule has 0 aliphatic carbocycles. The maximum atomic E-state index is 12.1. The van der Waals surface area contributed by atoms with E-state index in [0.29, 0.717) is 24.7 Å². The number of rotatable bonds is 3. The van der Waals surface area contributed by atoms with Gasteiger partial charge >= 0.3 is 6.09 Å². The number of hydrogen-bond acceptors (Lipinski definition) is 5. The number of carbonyl (C=O) groups is 2. The number of hydrogen-bond donors (Lipinski definition) is 1. The molecule has 1 fully saturated rings. The second kappa shape index (κ2) is 6.21. The number of methoxy groups -OCH3 is 1. The third-order valence-electron chi connectivity index (χ3n) is 3.12. The molecule has 1 aromatic rings. The lowest BCUT2D eigenvalue weighted by Crippen LogP contribution is -2.55. The van der Waals surface area contributed by atoms with Crippen LogP contribution in [0.5, 0.6) is 5.88 Å². The summed E-state index contributed by atoms with van der Waals surface area (Å²) in [5.74, 6) is 0.124. The van der Waals surface area contributed by atoms with E-state index in [2.05, 4.69) is 10.3 Å². The SMILES string of the molecule is COc1ccc(NC(=O)C2CN(C(=O)OC(C)(C)C)C2)cn1. The Labute approximate surface area is 129 Å². The van der Waals surface area contributed by atoms with Crippen molar-refractivity contribution in [3.05, 3.63) is 18.3 Å². The summed E-state index contributed by atoms with van der Waals surface area (Å²) in [6.45, 7) is 6.16. The Balaban J connectivity index is 1.80. The second-order valence-electron chi connectivity index (χ2n) is 6.16. The van der Waals surface area contributed by atoms with E-state index in [1.165, 1.54) is 18.2 Å². The van der Waals surface area contributed by atoms with Gasteiger partial charge in [-0.15, -0.1) is 0 Å². The first kappa shape index (κ1) is 16.1. The van der Waals surface area contributed by atoms with Gasteiger partial charge in [-0.2, -0.15) is 0 Å². The lowest BCUT2D eigenvalue weighted by molar-refractivity contribution is -0.124. The highest BCUT2D eigenvalue weighted by Crippen LogP contribution is 2.21. The fraction of sp³-hybridized carbons (Fsp3) is 0.533. The Kier molecular flexibility index (Phi) is 4.54. The molecule has 0 aromatic carbocycles. The Bertz CT molecular complexity index is 545. The lowest BCUT2D eigenvalue weighted by Gasteiger charge is -2.38. The normalized spacial score (nSPS) is 15.0. The molecule has 7 nitrogen and oxygen atoms in total. The third-order valence-corrected chi connectivity index (χ3v) is 3.12. The monoisotopic (exact) mass is 307 g/mol. The summed E-state index contributed by atoms with van der Waals surface area (Å²) in [7, 11) is 1.53. The fourth-order valence-electron chi connectivity index (χ4n) is 1.94. The summed E-state index contributed by atoms with van der Waals surface area (Å²) in [5.41, 5.74) is 0.0700. The first-order valence-corrected chi connectivity index (χ1v) is 7.07. The highest BCUT2D eigenvalue weighted by molar-refractivity contribution is 5.94. The maximum absolute atomic E-state index is 12.1. The van der Waals surface area contributed by atoms with Crippen molar-refractivity contribution in [1.82, 2.24) is 9.88 Å². The molecule has 1 aromatic heterocycles. The number of pyridine rings is 1. The van der Waals surface area contributed by atoms with Crippen LogP contribution in [0.3, 0.4) is 0 Å². The fourth-order valence-corrected chi connectivity index (χ4v) is 1.94. The topological polar surface area (TPSA) is 80.8 Å². The zero-order valence-electron chi connectivity index (χ0n) is 13.3. The highest BCUT2D eigenvalue weighted by Gasteiger charge is 2.37. The van der Waals surface area contributed by atoms with Crippen molar-refractivity contribution in [2.75, 3.05) is 25.5 Å². The number of likely N-dealkylation sites (tertiary alicyclic amines) is 1. The van der Waals surface area contributed by atoms with Gasteiger partial charge < -0.3 is 19.7 Å². The van der Waals surface area contributed by atoms with Crippen molar-refractivity contribution in [2.45, 2.75) is 26.4 Å². The van der Waals surface area contributed by atoms with E-state index in [1.54, 1.807) is 12.1 Å². The van der Waals surface area contributed by atoms with E-state index < -0.39 is 5.60 Å². The summed E-state index contributed by atoms with van der Waals surface area (Å²) in [6.07, 6.45) is 1.14. The Morgan fingerprint density at radius 2 is 2.00 bits per heavy atom. The average molecular weight is 307 g/mol. The first-order valence-electron chi connectivity index (χ1n) is 7.07. The van der Waals surface area contributed by atoms with Crippen LogP contribution in [-0.4, -0.2) is 47.7 Å². The van der Waals surface area contributed by atoms with E-state index in [0.717, 1.165) is 0 Å². The molecule has 1 aliphatic rings. The molecule has 0 saturated carbocycles. The molecule has 2 heterocycles.